The van der Waals surface area contributed by atoms with Crippen molar-refractivity contribution >= 4 is 11.9 Å². The molecule has 2 heterocycles. The Balaban J connectivity index is 1.64. The van der Waals surface area contributed by atoms with E-state index in [1.165, 1.54) is 32.2 Å². The van der Waals surface area contributed by atoms with Gasteiger partial charge in [-0.25, -0.2) is 9.78 Å². The van der Waals surface area contributed by atoms with Gasteiger partial charge in [0.25, 0.3) is 5.91 Å². The summed E-state index contributed by atoms with van der Waals surface area (Å²) >= 11 is 0. The molecule has 2 aliphatic rings. The van der Waals surface area contributed by atoms with Crippen LogP contribution in [-0.2, 0) is 14.3 Å². The molecule has 29 heavy (non-hydrogen) atoms. The molecule has 8 heteroatoms. The number of methoxy groups -OCH3 is 1. The van der Waals surface area contributed by atoms with Gasteiger partial charge in [0.2, 0.25) is 0 Å². The maximum atomic E-state index is 12.7. The van der Waals surface area contributed by atoms with Crippen LogP contribution in [0.15, 0.2) is 12.3 Å². The van der Waals surface area contributed by atoms with E-state index in [1.54, 1.807) is 0 Å². The smallest absolute Gasteiger partial charge is 0.329 e. The molecule has 1 saturated heterocycles. The summed E-state index contributed by atoms with van der Waals surface area (Å²) in [4.78, 5) is 29.2. The zero-order valence-electron chi connectivity index (χ0n) is 17.1. The molecule has 8 nitrogen and oxygen atoms in total. The van der Waals surface area contributed by atoms with Gasteiger partial charge in [-0.05, 0) is 32.6 Å². The van der Waals surface area contributed by atoms with Gasteiger partial charge in [0.05, 0.1) is 19.3 Å². The molecule has 1 aromatic rings. The highest BCUT2D eigenvalue weighted by molar-refractivity contribution is 5.97. The van der Waals surface area contributed by atoms with Crippen LogP contribution in [0.1, 0.15) is 68.8 Å². The number of rotatable bonds is 5. The van der Waals surface area contributed by atoms with Gasteiger partial charge in [0.15, 0.2) is 17.2 Å². The maximum Gasteiger partial charge on any atom is 0.329 e. The summed E-state index contributed by atoms with van der Waals surface area (Å²) in [6.45, 7) is 1.84. The highest BCUT2D eigenvalue weighted by Gasteiger charge is 2.32. The first-order valence-electron chi connectivity index (χ1n) is 10.4. The first kappa shape index (κ1) is 21.4. The van der Waals surface area contributed by atoms with Crippen molar-refractivity contribution < 1.29 is 28.9 Å². The van der Waals surface area contributed by atoms with Crippen LogP contribution in [0.25, 0.3) is 0 Å². The van der Waals surface area contributed by atoms with E-state index in [1.807, 2.05) is 6.92 Å². The number of ether oxygens (including phenoxy) is 3. The number of aromatic nitrogens is 1. The van der Waals surface area contributed by atoms with E-state index >= 15 is 0 Å². The number of hydrogen-bond acceptors (Lipinski definition) is 7. The molecule has 0 unspecified atom stereocenters. The van der Waals surface area contributed by atoms with Crippen molar-refractivity contribution in [3.8, 4) is 11.5 Å². The van der Waals surface area contributed by atoms with E-state index in [9.17, 15) is 14.7 Å². The molecular formula is C21H30N2O6. The molecule has 160 valence electrons. The van der Waals surface area contributed by atoms with Crippen molar-refractivity contribution in [1.82, 2.24) is 10.3 Å². The minimum atomic E-state index is -0.803. The quantitative estimate of drug-likeness (QED) is 0.724. The second-order valence-corrected chi connectivity index (χ2v) is 7.74. The SMILES string of the molecule is COc1ccnc(C(=O)N[C@H]2CCCC[C@@H](OC3CCCC3)[C@H](C)OC2=O)c1O. The number of esters is 1. The van der Waals surface area contributed by atoms with Crippen molar-refractivity contribution in [2.45, 2.75) is 82.6 Å². The number of amides is 1. The Morgan fingerprint density at radius 3 is 2.62 bits per heavy atom. The predicted molar refractivity (Wildman–Crippen MR) is 105 cm³/mol. The van der Waals surface area contributed by atoms with Crippen LogP contribution in [0.2, 0.25) is 0 Å². The van der Waals surface area contributed by atoms with Crippen molar-refractivity contribution in [3.63, 3.8) is 0 Å². The number of nitrogens with one attached hydrogen (secondary N) is 1. The van der Waals surface area contributed by atoms with Crippen LogP contribution in [-0.4, -0.2) is 53.4 Å². The Labute approximate surface area is 170 Å². The molecule has 2 fully saturated rings. The number of cyclic esters (lactones) is 1. The second-order valence-electron chi connectivity index (χ2n) is 7.74. The number of nitrogens with zero attached hydrogens (tertiary/aromatic N) is 1. The lowest BCUT2D eigenvalue weighted by atomic mass is 10.0. The molecule has 1 aromatic heterocycles. The van der Waals surface area contributed by atoms with Crippen LogP contribution in [0.4, 0.5) is 0 Å². The maximum absolute atomic E-state index is 12.7. The highest BCUT2D eigenvalue weighted by atomic mass is 16.6. The highest BCUT2D eigenvalue weighted by Crippen LogP contribution is 2.28. The fraction of sp³-hybridized carbons (Fsp3) is 0.667. The number of carbonyl (C=O) groups excluding carboxylic acids is 2. The van der Waals surface area contributed by atoms with Crippen molar-refractivity contribution in [3.05, 3.63) is 18.0 Å². The molecule has 0 spiro atoms. The summed E-state index contributed by atoms with van der Waals surface area (Å²) < 4.78 is 16.8. The number of hydrogen-bond donors (Lipinski definition) is 2. The van der Waals surface area contributed by atoms with Crippen LogP contribution in [0.5, 0.6) is 11.5 Å². The average molecular weight is 406 g/mol. The van der Waals surface area contributed by atoms with Crippen LogP contribution >= 0.6 is 0 Å². The Morgan fingerprint density at radius 1 is 1.21 bits per heavy atom. The average Bonchev–Trinajstić information content (AvgIpc) is 3.22. The largest absolute Gasteiger partial charge is 0.503 e. The summed E-state index contributed by atoms with van der Waals surface area (Å²) in [5.74, 6) is -1.35. The third-order valence-electron chi connectivity index (χ3n) is 5.64. The van der Waals surface area contributed by atoms with Crippen molar-refractivity contribution in [2.75, 3.05) is 7.11 Å². The third kappa shape index (κ3) is 5.38. The van der Waals surface area contributed by atoms with Crippen LogP contribution in [0, 0.1) is 0 Å². The normalized spacial score (nSPS) is 26.1. The summed E-state index contributed by atoms with van der Waals surface area (Å²) in [6, 6.07) is 0.648. The fourth-order valence-corrected chi connectivity index (χ4v) is 3.96. The van der Waals surface area contributed by atoms with Gasteiger partial charge in [0.1, 0.15) is 12.1 Å². The molecule has 0 radical (unpaired) electrons. The van der Waals surface area contributed by atoms with E-state index in [0.717, 1.165) is 32.1 Å². The van der Waals surface area contributed by atoms with Gasteiger partial charge in [-0.1, -0.05) is 25.7 Å². The Morgan fingerprint density at radius 2 is 1.90 bits per heavy atom. The van der Waals surface area contributed by atoms with Crippen molar-refractivity contribution in [2.24, 2.45) is 0 Å². The van der Waals surface area contributed by atoms with Crippen LogP contribution < -0.4 is 10.1 Å². The first-order valence-corrected chi connectivity index (χ1v) is 10.4. The van der Waals surface area contributed by atoms with Gasteiger partial charge in [-0.15, -0.1) is 0 Å². The van der Waals surface area contributed by atoms with E-state index in [0.29, 0.717) is 6.42 Å². The Bertz CT molecular complexity index is 719. The molecule has 3 rings (SSSR count). The topological polar surface area (TPSA) is 107 Å². The van der Waals surface area contributed by atoms with Gasteiger partial charge in [-0.3, -0.25) is 4.79 Å². The zero-order valence-corrected chi connectivity index (χ0v) is 17.1. The lowest BCUT2D eigenvalue weighted by molar-refractivity contribution is -0.161. The van der Waals surface area contributed by atoms with E-state index in [4.69, 9.17) is 14.2 Å². The first-order chi connectivity index (χ1) is 14.0. The summed E-state index contributed by atoms with van der Waals surface area (Å²) in [5, 5.41) is 12.8. The van der Waals surface area contributed by atoms with E-state index in [2.05, 4.69) is 10.3 Å². The molecule has 0 bridgehead atoms. The van der Waals surface area contributed by atoms with Crippen molar-refractivity contribution in [1.29, 1.82) is 0 Å². The van der Waals surface area contributed by atoms with Gasteiger partial charge >= 0.3 is 5.97 Å². The molecule has 0 aromatic carbocycles. The molecule has 1 saturated carbocycles. The molecule has 1 amide bonds. The number of aromatic hydroxyl groups is 1. The lowest BCUT2D eigenvalue weighted by Gasteiger charge is -2.27. The third-order valence-corrected chi connectivity index (χ3v) is 5.64. The minimum absolute atomic E-state index is 0.124. The molecular weight excluding hydrogens is 376 g/mol. The molecule has 2 N–H and O–H groups in total. The summed E-state index contributed by atoms with van der Waals surface area (Å²) in [5.41, 5.74) is -0.187. The summed E-state index contributed by atoms with van der Waals surface area (Å²) in [7, 11) is 1.39. The zero-order chi connectivity index (χ0) is 20.8. The predicted octanol–water partition coefficient (Wildman–Crippen LogP) is 2.73. The van der Waals surface area contributed by atoms with Gasteiger partial charge in [-0.2, -0.15) is 0 Å². The monoisotopic (exact) mass is 406 g/mol. The van der Waals surface area contributed by atoms with E-state index in [-0.39, 0.29) is 35.5 Å². The Hall–Kier alpha value is -2.35. The molecule has 3 atom stereocenters. The lowest BCUT2D eigenvalue weighted by Crippen LogP contribution is -2.44. The number of carbonyl (C=O) groups is 2. The van der Waals surface area contributed by atoms with Crippen LogP contribution in [0.3, 0.4) is 0 Å². The number of pyridine rings is 1. The minimum Gasteiger partial charge on any atom is -0.503 e. The molecule has 1 aliphatic carbocycles. The van der Waals surface area contributed by atoms with E-state index < -0.39 is 17.9 Å². The standard InChI is InChI=1S/C21H30N2O6/c1-13-16(29-14-7-3-4-8-14)10-6-5-9-15(21(26)28-13)23-20(25)18-19(24)17(27-2)11-12-22-18/h11-16,24H,3-10H2,1-2H3,(H,23,25)/t13-,15-,16+/m0/s1. The van der Waals surface area contributed by atoms with Gasteiger partial charge in [0, 0.05) is 12.3 Å². The van der Waals surface area contributed by atoms with Gasteiger partial charge < -0.3 is 24.6 Å². The molecule has 1 aliphatic heterocycles. The fourth-order valence-electron chi connectivity index (χ4n) is 3.96. The summed E-state index contributed by atoms with van der Waals surface area (Å²) in [6.07, 6.45) is 8.52. The Kier molecular flexibility index (Phi) is 7.30. The second kappa shape index (κ2) is 9.91.